The van der Waals surface area contributed by atoms with Crippen molar-refractivity contribution in [3.63, 3.8) is 0 Å². The molecule has 0 spiro atoms. The van der Waals surface area contributed by atoms with E-state index in [4.69, 9.17) is 28.4 Å². The monoisotopic (exact) mass is 561 g/mol. The van der Waals surface area contributed by atoms with Gasteiger partial charge in [0.2, 0.25) is 0 Å². The maximum atomic E-state index is 12.7. The number of allylic oxidation sites excluding steroid dienone is 2. The van der Waals surface area contributed by atoms with Crippen molar-refractivity contribution in [3.05, 3.63) is 33.9 Å². The molecule has 220 valence electrons. The minimum Gasteiger partial charge on any atom is -0.496 e. The second kappa shape index (κ2) is 15.4. The molecule has 0 aromatic heterocycles. The molecule has 0 N–H and O–H groups in total. The summed E-state index contributed by atoms with van der Waals surface area (Å²) in [4.78, 5) is 51.4. The van der Waals surface area contributed by atoms with Crippen LogP contribution in [0.1, 0.15) is 66.6 Å². The van der Waals surface area contributed by atoms with Gasteiger partial charge in [-0.25, -0.2) is 4.79 Å². The Morgan fingerprint density at radius 3 is 2.35 bits per heavy atom. The number of cyclic esters (lactones) is 1. The van der Waals surface area contributed by atoms with E-state index < -0.39 is 17.9 Å². The Morgan fingerprint density at radius 1 is 0.975 bits per heavy atom. The van der Waals surface area contributed by atoms with E-state index >= 15 is 0 Å². The number of morpholine rings is 1. The predicted molar refractivity (Wildman–Crippen MR) is 143 cm³/mol. The first-order valence-corrected chi connectivity index (χ1v) is 13.6. The quantitative estimate of drug-likeness (QED) is 0.144. The van der Waals surface area contributed by atoms with Crippen molar-refractivity contribution in [3.8, 4) is 11.5 Å². The van der Waals surface area contributed by atoms with Crippen molar-refractivity contribution >= 4 is 23.9 Å². The van der Waals surface area contributed by atoms with E-state index in [1.165, 1.54) is 7.11 Å². The summed E-state index contributed by atoms with van der Waals surface area (Å²) >= 11 is 0. The van der Waals surface area contributed by atoms with Crippen molar-refractivity contribution in [1.29, 1.82) is 0 Å². The lowest BCUT2D eigenvalue weighted by atomic mass is 9.94. The Kier molecular flexibility index (Phi) is 12.0. The maximum Gasteiger partial charge on any atom is 0.342 e. The normalized spacial score (nSPS) is 15.3. The van der Waals surface area contributed by atoms with Crippen LogP contribution in [0.2, 0.25) is 0 Å². The van der Waals surface area contributed by atoms with E-state index in [1.807, 2.05) is 19.9 Å². The lowest BCUT2D eigenvalue weighted by molar-refractivity contribution is -0.146. The lowest BCUT2D eigenvalue weighted by Gasteiger charge is -2.26. The van der Waals surface area contributed by atoms with Gasteiger partial charge in [0.05, 0.1) is 39.8 Å². The zero-order valence-corrected chi connectivity index (χ0v) is 23.8. The number of carbonyl (C=O) groups excluding carboxylic acids is 4. The number of methoxy groups -OCH3 is 1. The first-order chi connectivity index (χ1) is 19.2. The molecule has 2 aliphatic rings. The summed E-state index contributed by atoms with van der Waals surface area (Å²) in [7, 11) is 1.51. The molecule has 1 aromatic carbocycles. The largest absolute Gasteiger partial charge is 0.496 e. The SMILES string of the molecule is CCOC(=O)CCC(=O)Oc1c(CC=C(C)CCC(=O)OCCN2CCOCC2)c(OC)c(C)c2c1C(=O)OC2. The average Bonchev–Trinajstić information content (AvgIpc) is 3.33. The van der Waals surface area contributed by atoms with Gasteiger partial charge in [-0.1, -0.05) is 11.6 Å². The van der Waals surface area contributed by atoms with Gasteiger partial charge in [-0.05, 0) is 39.2 Å². The third kappa shape index (κ3) is 8.53. The second-order valence-electron chi connectivity index (χ2n) is 9.60. The summed E-state index contributed by atoms with van der Waals surface area (Å²) in [5.74, 6) is -1.49. The molecule has 0 aliphatic carbocycles. The molecular formula is C29H39NO10. The molecule has 0 amide bonds. The summed E-state index contributed by atoms with van der Waals surface area (Å²) in [6.45, 7) is 9.75. The molecule has 11 heteroatoms. The van der Waals surface area contributed by atoms with E-state index in [-0.39, 0.29) is 56.2 Å². The number of rotatable bonds is 14. The van der Waals surface area contributed by atoms with Crippen LogP contribution in [0.3, 0.4) is 0 Å². The molecule has 2 heterocycles. The highest BCUT2D eigenvalue weighted by molar-refractivity contribution is 5.99. The molecule has 0 bridgehead atoms. The molecule has 11 nitrogen and oxygen atoms in total. The summed E-state index contributed by atoms with van der Waals surface area (Å²) in [6.07, 6.45) is 2.55. The first kappa shape index (κ1) is 31.1. The maximum absolute atomic E-state index is 12.7. The smallest absolute Gasteiger partial charge is 0.342 e. The number of ether oxygens (including phenoxy) is 6. The lowest BCUT2D eigenvalue weighted by Crippen LogP contribution is -2.38. The Balaban J connectivity index is 1.68. The van der Waals surface area contributed by atoms with Crippen molar-refractivity contribution in [2.45, 2.75) is 59.5 Å². The molecule has 0 saturated carbocycles. The number of nitrogens with zero attached hydrogens (tertiary/aromatic N) is 1. The van der Waals surface area contributed by atoms with Gasteiger partial charge < -0.3 is 28.4 Å². The predicted octanol–water partition coefficient (Wildman–Crippen LogP) is 3.07. The molecule has 0 atom stereocenters. The first-order valence-electron chi connectivity index (χ1n) is 13.6. The van der Waals surface area contributed by atoms with Crippen LogP contribution in [0.15, 0.2) is 11.6 Å². The van der Waals surface area contributed by atoms with Gasteiger partial charge in [0.1, 0.15) is 24.5 Å². The Hall–Kier alpha value is -3.44. The molecule has 2 aliphatic heterocycles. The summed E-state index contributed by atoms with van der Waals surface area (Å²) in [6, 6.07) is 0. The van der Waals surface area contributed by atoms with E-state index in [0.717, 1.165) is 24.2 Å². The number of fused-ring (bicyclic) bond motifs is 1. The minimum absolute atomic E-state index is 0.0481. The fraction of sp³-hybridized carbons (Fsp3) is 0.586. The summed E-state index contributed by atoms with van der Waals surface area (Å²) < 4.78 is 32.1. The molecule has 3 rings (SSSR count). The number of benzene rings is 1. The van der Waals surface area contributed by atoms with Crippen molar-refractivity contribution in [1.82, 2.24) is 4.90 Å². The van der Waals surface area contributed by atoms with E-state index in [1.54, 1.807) is 6.92 Å². The van der Waals surface area contributed by atoms with E-state index in [2.05, 4.69) is 4.90 Å². The van der Waals surface area contributed by atoms with Crippen LogP contribution in [-0.4, -0.2) is 81.9 Å². The van der Waals surface area contributed by atoms with Crippen LogP contribution >= 0.6 is 0 Å². The molecule has 1 aromatic rings. The zero-order chi connectivity index (χ0) is 29.1. The molecule has 0 unspecified atom stereocenters. The van der Waals surface area contributed by atoms with Crippen LogP contribution in [0, 0.1) is 6.92 Å². The summed E-state index contributed by atoms with van der Waals surface area (Å²) in [5, 5.41) is 0. The molecule has 40 heavy (non-hydrogen) atoms. The Morgan fingerprint density at radius 2 is 1.65 bits per heavy atom. The summed E-state index contributed by atoms with van der Waals surface area (Å²) in [5.41, 5.74) is 2.94. The van der Waals surface area contributed by atoms with Gasteiger partial charge >= 0.3 is 23.9 Å². The fourth-order valence-corrected chi connectivity index (χ4v) is 4.59. The van der Waals surface area contributed by atoms with E-state index in [9.17, 15) is 19.2 Å². The fourth-order valence-electron chi connectivity index (χ4n) is 4.59. The molecule has 1 saturated heterocycles. The highest BCUT2D eigenvalue weighted by atomic mass is 16.6. The number of hydrogen-bond donors (Lipinski definition) is 0. The van der Waals surface area contributed by atoms with Gasteiger partial charge in [0.15, 0.2) is 5.75 Å². The highest BCUT2D eigenvalue weighted by Crippen LogP contribution is 2.43. The van der Waals surface area contributed by atoms with Crippen molar-refractivity contribution < 1.29 is 47.6 Å². The topological polar surface area (TPSA) is 127 Å². The number of carbonyl (C=O) groups is 4. The molecular weight excluding hydrogens is 522 g/mol. The highest BCUT2D eigenvalue weighted by Gasteiger charge is 2.34. The second-order valence-corrected chi connectivity index (χ2v) is 9.60. The third-order valence-corrected chi connectivity index (χ3v) is 6.83. The molecule has 0 radical (unpaired) electrons. The average molecular weight is 562 g/mol. The number of esters is 4. The number of hydrogen-bond acceptors (Lipinski definition) is 11. The zero-order valence-electron chi connectivity index (χ0n) is 23.8. The van der Waals surface area contributed by atoms with Crippen LogP contribution in [0.25, 0.3) is 0 Å². The Bertz CT molecular complexity index is 1120. The van der Waals surface area contributed by atoms with Crippen molar-refractivity contribution in [2.75, 3.05) is 53.2 Å². The van der Waals surface area contributed by atoms with Gasteiger partial charge in [0.25, 0.3) is 0 Å². The van der Waals surface area contributed by atoms with Gasteiger partial charge in [-0.2, -0.15) is 0 Å². The van der Waals surface area contributed by atoms with Gasteiger partial charge in [-0.3, -0.25) is 19.3 Å². The van der Waals surface area contributed by atoms with Gasteiger partial charge in [0, 0.05) is 37.2 Å². The van der Waals surface area contributed by atoms with E-state index in [0.29, 0.717) is 49.7 Å². The van der Waals surface area contributed by atoms with Gasteiger partial charge in [-0.15, -0.1) is 0 Å². The third-order valence-electron chi connectivity index (χ3n) is 6.83. The van der Waals surface area contributed by atoms with Crippen LogP contribution in [0.4, 0.5) is 0 Å². The van der Waals surface area contributed by atoms with Crippen LogP contribution in [-0.2, 0) is 46.4 Å². The Labute approximate surface area is 234 Å². The van der Waals surface area contributed by atoms with Crippen LogP contribution in [0.5, 0.6) is 11.5 Å². The minimum atomic E-state index is -0.678. The standard InChI is InChI=1S/C29H39NO10/c1-5-37-23(31)10-11-25(33)40-28-21(27(35-4)20(3)22-18-39-29(34)26(22)28)8-6-19(2)7-9-24(32)38-17-14-30-12-15-36-16-13-30/h6H,5,7-18H2,1-4H3. The van der Waals surface area contributed by atoms with Crippen molar-refractivity contribution in [2.24, 2.45) is 0 Å². The molecule has 1 fully saturated rings. The van der Waals surface area contributed by atoms with Crippen LogP contribution < -0.4 is 9.47 Å².